The molecule has 0 N–H and O–H groups in total. The molecule has 132 valence electrons. The number of benzene rings is 2. The zero-order valence-electron chi connectivity index (χ0n) is 14.1. The fourth-order valence-corrected chi connectivity index (χ4v) is 2.14. The summed E-state index contributed by atoms with van der Waals surface area (Å²) in [6.45, 7) is 2.31. The normalized spacial score (nSPS) is 10.2. The summed E-state index contributed by atoms with van der Waals surface area (Å²) in [5.74, 6) is 0.397. The van der Waals surface area contributed by atoms with Crippen LogP contribution in [0.25, 0.3) is 0 Å². The minimum absolute atomic E-state index is 0.0923. The Morgan fingerprint density at radius 2 is 1.96 bits per heavy atom. The summed E-state index contributed by atoms with van der Waals surface area (Å²) < 4.78 is 15.6. The van der Waals surface area contributed by atoms with Gasteiger partial charge < -0.3 is 14.2 Å². The quantitative estimate of drug-likeness (QED) is 0.238. The summed E-state index contributed by atoms with van der Waals surface area (Å²) in [5.41, 5.74) is 0.771. The highest BCUT2D eigenvalue weighted by molar-refractivity contribution is 5.74. The Hall–Kier alpha value is -3.09. The van der Waals surface area contributed by atoms with Crippen molar-refractivity contribution in [3.8, 4) is 17.2 Å². The molecule has 25 heavy (non-hydrogen) atoms. The third-order valence-corrected chi connectivity index (χ3v) is 3.37. The average molecular weight is 345 g/mol. The largest absolute Gasteiger partial charge is 0.496 e. The van der Waals surface area contributed by atoms with Crippen molar-refractivity contribution in [2.24, 2.45) is 0 Å². The van der Waals surface area contributed by atoms with Gasteiger partial charge in [0.2, 0.25) is 5.75 Å². The molecule has 0 fully saturated rings. The van der Waals surface area contributed by atoms with Crippen molar-refractivity contribution in [1.82, 2.24) is 0 Å². The first kappa shape index (κ1) is 18.3. The van der Waals surface area contributed by atoms with E-state index in [1.807, 2.05) is 31.2 Å². The molecule has 0 saturated heterocycles. The lowest BCUT2D eigenvalue weighted by molar-refractivity contribution is -0.385. The predicted octanol–water partition coefficient (Wildman–Crippen LogP) is 3.68. The second kappa shape index (κ2) is 8.68. The molecule has 2 aromatic carbocycles. The van der Waals surface area contributed by atoms with E-state index in [0.29, 0.717) is 18.8 Å². The maximum Gasteiger partial charge on any atom is 0.315 e. The fraction of sp³-hybridized carbons (Fsp3) is 0.278. The molecule has 0 aliphatic heterocycles. The van der Waals surface area contributed by atoms with Crippen LogP contribution in [0.3, 0.4) is 0 Å². The summed E-state index contributed by atoms with van der Waals surface area (Å²) >= 11 is 0. The van der Waals surface area contributed by atoms with E-state index >= 15 is 0 Å². The van der Waals surface area contributed by atoms with E-state index in [1.165, 1.54) is 25.3 Å². The molecule has 0 spiro atoms. The van der Waals surface area contributed by atoms with Crippen molar-refractivity contribution < 1.29 is 23.9 Å². The Balaban J connectivity index is 1.85. The van der Waals surface area contributed by atoms with Crippen molar-refractivity contribution in [2.45, 2.75) is 19.8 Å². The minimum Gasteiger partial charge on any atom is -0.496 e. The number of methoxy groups -OCH3 is 1. The molecule has 0 atom stereocenters. The lowest BCUT2D eigenvalue weighted by atomic mass is 10.2. The number of esters is 1. The van der Waals surface area contributed by atoms with Crippen LogP contribution in [0.1, 0.15) is 18.4 Å². The summed E-state index contributed by atoms with van der Waals surface area (Å²) in [6.07, 6.45) is 0.533. The van der Waals surface area contributed by atoms with Crippen LogP contribution in [-0.2, 0) is 4.79 Å². The topological polar surface area (TPSA) is 87.9 Å². The monoisotopic (exact) mass is 345 g/mol. The number of nitrogens with zero attached hydrogens (tertiary/aromatic N) is 1. The Labute approximate surface area is 145 Å². The predicted molar refractivity (Wildman–Crippen MR) is 91.2 cm³/mol. The number of aryl methyl sites for hydroxylation is 1. The summed E-state index contributed by atoms with van der Waals surface area (Å²) in [7, 11) is 1.40. The van der Waals surface area contributed by atoms with Gasteiger partial charge in [0.15, 0.2) is 0 Å². The first-order chi connectivity index (χ1) is 12.0. The van der Waals surface area contributed by atoms with Gasteiger partial charge >= 0.3 is 11.7 Å². The van der Waals surface area contributed by atoms with E-state index in [1.54, 1.807) is 0 Å². The molecule has 7 nitrogen and oxygen atoms in total. The lowest BCUT2D eigenvalue weighted by Gasteiger charge is -2.08. The number of carbonyl (C=O) groups excluding carboxylic acids is 1. The highest BCUT2D eigenvalue weighted by Gasteiger charge is 2.19. The van der Waals surface area contributed by atoms with Gasteiger partial charge in [-0.25, -0.2) is 0 Å². The first-order valence-electron chi connectivity index (χ1n) is 7.72. The van der Waals surface area contributed by atoms with Crippen molar-refractivity contribution in [3.63, 3.8) is 0 Å². The first-order valence-corrected chi connectivity index (χ1v) is 7.72. The third-order valence-electron chi connectivity index (χ3n) is 3.37. The molecule has 0 bridgehead atoms. The second-order valence-corrected chi connectivity index (χ2v) is 5.33. The zero-order valence-corrected chi connectivity index (χ0v) is 14.1. The molecule has 2 aromatic rings. The number of nitro groups is 1. The van der Waals surface area contributed by atoms with Crippen LogP contribution in [0, 0.1) is 17.0 Å². The number of nitro benzene ring substituents is 1. The Kier molecular flexibility index (Phi) is 6.33. The molecule has 7 heteroatoms. The SMILES string of the molecule is COc1ccc(OC(=O)CCCOc2cccc(C)c2)c([N+](=O)[O-])c1. The van der Waals surface area contributed by atoms with Crippen LogP contribution < -0.4 is 14.2 Å². The van der Waals surface area contributed by atoms with Crippen molar-refractivity contribution in [1.29, 1.82) is 0 Å². The average Bonchev–Trinajstić information content (AvgIpc) is 2.59. The molecule has 0 aromatic heterocycles. The molecule has 2 rings (SSSR count). The molecule has 0 amide bonds. The van der Waals surface area contributed by atoms with E-state index < -0.39 is 10.9 Å². The van der Waals surface area contributed by atoms with Gasteiger partial charge in [-0.3, -0.25) is 14.9 Å². The van der Waals surface area contributed by atoms with E-state index in [0.717, 1.165) is 11.3 Å². The Morgan fingerprint density at radius 3 is 2.64 bits per heavy atom. The zero-order chi connectivity index (χ0) is 18.2. The Bertz CT molecular complexity index is 759. The summed E-state index contributed by atoms with van der Waals surface area (Å²) in [5, 5.41) is 11.1. The van der Waals surface area contributed by atoms with E-state index in [2.05, 4.69) is 0 Å². The van der Waals surface area contributed by atoms with Crippen LogP contribution in [0.5, 0.6) is 17.2 Å². The van der Waals surface area contributed by atoms with Crippen LogP contribution >= 0.6 is 0 Å². The lowest BCUT2D eigenvalue weighted by Crippen LogP contribution is -2.11. The van der Waals surface area contributed by atoms with Gasteiger partial charge in [-0.2, -0.15) is 0 Å². The van der Waals surface area contributed by atoms with Gasteiger partial charge in [-0.15, -0.1) is 0 Å². The standard InChI is InChI=1S/C18H19NO6/c1-13-5-3-6-15(11-13)24-10-4-7-18(20)25-17-9-8-14(23-2)12-16(17)19(21)22/h3,5-6,8-9,11-12H,4,7,10H2,1-2H3. The smallest absolute Gasteiger partial charge is 0.315 e. The molecule has 0 heterocycles. The third kappa shape index (κ3) is 5.49. The number of hydrogen-bond acceptors (Lipinski definition) is 6. The number of ether oxygens (including phenoxy) is 3. The van der Waals surface area contributed by atoms with E-state index in [4.69, 9.17) is 14.2 Å². The van der Waals surface area contributed by atoms with E-state index in [-0.39, 0.29) is 17.9 Å². The minimum atomic E-state index is -0.619. The summed E-state index contributed by atoms with van der Waals surface area (Å²) in [4.78, 5) is 22.3. The molecule has 0 saturated carbocycles. The maximum atomic E-state index is 11.9. The summed E-state index contributed by atoms with van der Waals surface area (Å²) in [6, 6.07) is 11.6. The molecule has 0 radical (unpaired) electrons. The van der Waals surface area contributed by atoms with Gasteiger partial charge in [-0.05, 0) is 43.2 Å². The van der Waals surface area contributed by atoms with Crippen molar-refractivity contribution in [2.75, 3.05) is 13.7 Å². The van der Waals surface area contributed by atoms with Gasteiger partial charge in [0.05, 0.1) is 24.7 Å². The van der Waals surface area contributed by atoms with Gasteiger partial charge in [-0.1, -0.05) is 12.1 Å². The number of carbonyl (C=O) groups is 1. The molecule has 0 unspecified atom stereocenters. The van der Waals surface area contributed by atoms with Gasteiger partial charge in [0.1, 0.15) is 11.5 Å². The van der Waals surface area contributed by atoms with Gasteiger partial charge in [0.25, 0.3) is 0 Å². The molecular formula is C18H19NO6. The molecule has 0 aliphatic rings. The number of rotatable bonds is 8. The van der Waals surface area contributed by atoms with Crippen molar-refractivity contribution >= 4 is 11.7 Å². The number of hydrogen-bond donors (Lipinski definition) is 0. The highest BCUT2D eigenvalue weighted by Crippen LogP contribution is 2.31. The maximum absolute atomic E-state index is 11.9. The van der Waals surface area contributed by atoms with Crippen LogP contribution in [0.2, 0.25) is 0 Å². The molecular weight excluding hydrogens is 326 g/mol. The second-order valence-electron chi connectivity index (χ2n) is 5.33. The van der Waals surface area contributed by atoms with Crippen molar-refractivity contribution in [3.05, 3.63) is 58.1 Å². The van der Waals surface area contributed by atoms with Crippen LogP contribution in [0.15, 0.2) is 42.5 Å². The van der Waals surface area contributed by atoms with E-state index in [9.17, 15) is 14.9 Å². The Morgan fingerprint density at radius 1 is 1.16 bits per heavy atom. The van der Waals surface area contributed by atoms with Crippen LogP contribution in [0.4, 0.5) is 5.69 Å². The fourth-order valence-electron chi connectivity index (χ4n) is 2.14. The van der Waals surface area contributed by atoms with Crippen LogP contribution in [-0.4, -0.2) is 24.6 Å². The highest BCUT2D eigenvalue weighted by atomic mass is 16.6. The van der Waals surface area contributed by atoms with Gasteiger partial charge in [0, 0.05) is 6.42 Å². The molecule has 0 aliphatic carbocycles.